The van der Waals surface area contributed by atoms with Gasteiger partial charge in [-0.2, -0.15) is 15.5 Å². The number of anilines is 1. The molecule has 0 bridgehead atoms. The molecule has 0 N–H and O–H groups in total. The summed E-state index contributed by atoms with van der Waals surface area (Å²) in [7, 11) is 0. The normalized spacial score (nSPS) is 17.5. The Bertz CT molecular complexity index is 1360. The van der Waals surface area contributed by atoms with E-state index in [2.05, 4.69) is 25.2 Å². The minimum absolute atomic E-state index is 0.0685. The Labute approximate surface area is 205 Å². The van der Waals surface area contributed by atoms with Crippen molar-refractivity contribution in [1.29, 1.82) is 5.26 Å². The number of urea groups is 1. The van der Waals surface area contributed by atoms with Crippen molar-refractivity contribution in [1.82, 2.24) is 34.6 Å². The van der Waals surface area contributed by atoms with Crippen molar-refractivity contribution < 1.29 is 13.6 Å². The van der Waals surface area contributed by atoms with Gasteiger partial charge in [0, 0.05) is 45.4 Å². The average Bonchev–Trinajstić information content (AvgIpc) is 3.58. The Morgan fingerprint density at radius 2 is 1.97 bits per heavy atom. The third-order valence-corrected chi connectivity index (χ3v) is 6.15. The fourth-order valence-electron chi connectivity index (χ4n) is 4.33. The number of nitrogens with zero attached hydrogens (tertiary/aromatic N) is 10. The van der Waals surface area contributed by atoms with E-state index in [1.165, 1.54) is 17.4 Å². The molecule has 3 aromatic rings. The molecule has 184 valence electrons. The molecule has 36 heavy (non-hydrogen) atoms. The number of benzene rings is 1. The molecule has 2 aliphatic heterocycles. The Hall–Kier alpha value is -4.47. The summed E-state index contributed by atoms with van der Waals surface area (Å²) in [6, 6.07) is 5.18. The van der Waals surface area contributed by atoms with Crippen LogP contribution in [0.5, 0.6) is 0 Å². The van der Waals surface area contributed by atoms with Gasteiger partial charge in [0.15, 0.2) is 11.6 Å². The molecule has 0 radical (unpaired) electrons. The third kappa shape index (κ3) is 4.33. The lowest BCUT2D eigenvalue weighted by molar-refractivity contribution is 0.139. The van der Waals surface area contributed by atoms with Gasteiger partial charge < -0.3 is 9.80 Å². The number of nitriles is 1. The summed E-state index contributed by atoms with van der Waals surface area (Å²) in [5.74, 6) is -0.467. The maximum absolute atomic E-state index is 14.5. The smallest absolute Gasteiger partial charge is 0.337 e. The van der Waals surface area contributed by atoms with E-state index in [4.69, 9.17) is 5.26 Å². The standard InChI is InChI=1S/C23H22F2N10O/c1-2-34-21(28-14-30-34)20-18(25)13-27-22(31-20)32-5-7-33(8-6-32)23(36)35-19(3-4-29-35)16-9-15(12-26)10-17(24)11-16/h4,9-11,13-14,19H,2-3,5-8H2,1H3. The minimum atomic E-state index is -0.592. The van der Waals surface area contributed by atoms with Crippen LogP contribution in [0.3, 0.4) is 0 Å². The predicted molar refractivity (Wildman–Crippen MR) is 125 cm³/mol. The van der Waals surface area contributed by atoms with Crippen LogP contribution in [-0.4, -0.2) is 73.1 Å². The van der Waals surface area contributed by atoms with Gasteiger partial charge >= 0.3 is 6.03 Å². The second kappa shape index (κ2) is 9.65. The van der Waals surface area contributed by atoms with Gasteiger partial charge in [-0.3, -0.25) is 0 Å². The molecular weight excluding hydrogens is 470 g/mol. The molecule has 5 rings (SSSR count). The van der Waals surface area contributed by atoms with Crippen LogP contribution in [0.4, 0.5) is 19.5 Å². The fourth-order valence-corrected chi connectivity index (χ4v) is 4.33. The molecule has 13 heteroatoms. The number of hydrogen-bond acceptors (Lipinski definition) is 8. The molecule has 2 amide bonds. The highest BCUT2D eigenvalue weighted by atomic mass is 19.1. The van der Waals surface area contributed by atoms with Gasteiger partial charge in [-0.05, 0) is 30.7 Å². The summed E-state index contributed by atoms with van der Waals surface area (Å²) in [6.45, 7) is 3.98. The van der Waals surface area contributed by atoms with Gasteiger partial charge in [-0.1, -0.05) is 0 Å². The van der Waals surface area contributed by atoms with Crippen molar-refractivity contribution in [2.75, 3.05) is 31.1 Å². The van der Waals surface area contributed by atoms with Crippen LogP contribution in [0, 0.1) is 23.0 Å². The van der Waals surface area contributed by atoms with Crippen LogP contribution >= 0.6 is 0 Å². The van der Waals surface area contributed by atoms with Gasteiger partial charge in [0.2, 0.25) is 5.95 Å². The van der Waals surface area contributed by atoms with Crippen LogP contribution in [0.2, 0.25) is 0 Å². The quantitative estimate of drug-likeness (QED) is 0.549. The number of hydrogen-bond donors (Lipinski definition) is 0. The molecule has 2 aromatic heterocycles. The maximum atomic E-state index is 14.5. The van der Waals surface area contributed by atoms with E-state index >= 15 is 0 Å². The third-order valence-electron chi connectivity index (χ3n) is 6.15. The van der Waals surface area contributed by atoms with E-state index in [1.54, 1.807) is 21.9 Å². The predicted octanol–water partition coefficient (Wildman–Crippen LogP) is 2.58. The highest BCUT2D eigenvalue weighted by Gasteiger charge is 2.34. The van der Waals surface area contributed by atoms with Gasteiger partial charge in [-0.15, -0.1) is 0 Å². The van der Waals surface area contributed by atoms with E-state index < -0.39 is 17.7 Å². The Morgan fingerprint density at radius 3 is 2.72 bits per heavy atom. The van der Waals surface area contributed by atoms with Crippen LogP contribution in [0.25, 0.3) is 11.5 Å². The first-order valence-electron chi connectivity index (χ1n) is 11.4. The van der Waals surface area contributed by atoms with Gasteiger partial charge in [0.1, 0.15) is 17.8 Å². The van der Waals surface area contributed by atoms with Crippen LogP contribution < -0.4 is 4.90 Å². The number of aromatic nitrogens is 5. The number of carbonyl (C=O) groups is 1. The highest BCUT2D eigenvalue weighted by Crippen LogP contribution is 2.31. The summed E-state index contributed by atoms with van der Waals surface area (Å²) in [5.41, 5.74) is 0.774. The number of aryl methyl sites for hydroxylation is 1. The monoisotopic (exact) mass is 492 g/mol. The van der Waals surface area contributed by atoms with E-state index in [-0.39, 0.29) is 17.3 Å². The summed E-state index contributed by atoms with van der Waals surface area (Å²) in [4.78, 5) is 29.4. The second-order valence-electron chi connectivity index (χ2n) is 8.30. The molecule has 1 unspecified atom stereocenters. The molecule has 0 spiro atoms. The SMILES string of the molecule is CCn1ncnc1-c1nc(N2CCN(C(=O)N3N=CCC3c3cc(F)cc(C#N)c3)CC2)ncc1F. The summed E-state index contributed by atoms with van der Waals surface area (Å²) in [6.07, 6.45) is 4.50. The van der Waals surface area contributed by atoms with Crippen molar-refractivity contribution in [3.05, 3.63) is 53.5 Å². The van der Waals surface area contributed by atoms with E-state index in [0.717, 1.165) is 12.3 Å². The number of rotatable bonds is 4. The van der Waals surface area contributed by atoms with Crippen molar-refractivity contribution in [3.63, 3.8) is 0 Å². The van der Waals surface area contributed by atoms with Crippen LogP contribution in [-0.2, 0) is 6.54 Å². The molecule has 1 aromatic carbocycles. The number of piperazine rings is 1. The molecule has 11 nitrogen and oxygen atoms in total. The first-order chi connectivity index (χ1) is 17.5. The van der Waals surface area contributed by atoms with E-state index in [1.807, 2.05) is 17.9 Å². The number of amides is 2. The largest absolute Gasteiger partial charge is 0.341 e. The van der Waals surface area contributed by atoms with Gasteiger partial charge in [0.25, 0.3) is 0 Å². The molecular formula is C23H22F2N10O. The minimum Gasteiger partial charge on any atom is -0.337 e. The lowest BCUT2D eigenvalue weighted by atomic mass is 10.0. The lowest BCUT2D eigenvalue weighted by Gasteiger charge is -2.37. The highest BCUT2D eigenvalue weighted by molar-refractivity contribution is 5.79. The van der Waals surface area contributed by atoms with Crippen LogP contribution in [0.1, 0.15) is 30.5 Å². The maximum Gasteiger partial charge on any atom is 0.341 e. The Balaban J connectivity index is 1.28. The van der Waals surface area contributed by atoms with Gasteiger partial charge in [-0.25, -0.2) is 38.2 Å². The van der Waals surface area contributed by atoms with Crippen molar-refractivity contribution in [2.45, 2.75) is 25.9 Å². The first-order valence-corrected chi connectivity index (χ1v) is 11.4. The Morgan fingerprint density at radius 1 is 1.17 bits per heavy atom. The molecule has 4 heterocycles. The first kappa shape index (κ1) is 23.3. The van der Waals surface area contributed by atoms with E-state index in [0.29, 0.717) is 56.5 Å². The molecule has 1 saturated heterocycles. The summed E-state index contributed by atoms with van der Waals surface area (Å²) in [5, 5.41) is 18.8. The summed E-state index contributed by atoms with van der Waals surface area (Å²) < 4.78 is 30.0. The summed E-state index contributed by atoms with van der Waals surface area (Å²) >= 11 is 0. The second-order valence-corrected chi connectivity index (χ2v) is 8.30. The van der Waals surface area contributed by atoms with Crippen molar-refractivity contribution in [2.24, 2.45) is 5.10 Å². The molecule has 0 aliphatic carbocycles. The lowest BCUT2D eigenvalue weighted by Crippen LogP contribution is -2.52. The van der Waals surface area contributed by atoms with Crippen molar-refractivity contribution in [3.8, 4) is 17.6 Å². The zero-order chi connectivity index (χ0) is 25.2. The number of carbonyl (C=O) groups excluding carboxylic acids is 1. The molecule has 1 fully saturated rings. The molecule has 1 atom stereocenters. The molecule has 0 saturated carbocycles. The number of hydrazone groups is 1. The van der Waals surface area contributed by atoms with Crippen LogP contribution in [0.15, 0.2) is 35.8 Å². The Kier molecular flexibility index (Phi) is 6.24. The zero-order valence-corrected chi connectivity index (χ0v) is 19.4. The van der Waals surface area contributed by atoms with E-state index in [9.17, 15) is 13.6 Å². The van der Waals surface area contributed by atoms with Gasteiger partial charge in [0.05, 0.1) is 23.9 Å². The zero-order valence-electron chi connectivity index (χ0n) is 19.4. The van der Waals surface area contributed by atoms with Crippen molar-refractivity contribution >= 4 is 18.2 Å². The fraction of sp³-hybridized carbons (Fsp3) is 0.348. The topological polar surface area (TPSA) is 119 Å². The molecule has 2 aliphatic rings. The average molecular weight is 492 g/mol. The number of halogens is 2.